The van der Waals surface area contributed by atoms with Crippen LogP contribution in [-0.2, 0) is 9.53 Å². The van der Waals surface area contributed by atoms with Crippen LogP contribution >= 0.6 is 11.3 Å². The van der Waals surface area contributed by atoms with Gasteiger partial charge in [0.15, 0.2) is 0 Å². The number of methoxy groups -OCH3 is 1. The van der Waals surface area contributed by atoms with E-state index in [0.29, 0.717) is 5.56 Å². The topological polar surface area (TPSA) is 104 Å². The number of ether oxygens (including phenoxy) is 2. The lowest BCUT2D eigenvalue weighted by Gasteiger charge is -2.09. The number of nitrogens with zero attached hydrogens (tertiary/aromatic N) is 3. The Balaban J connectivity index is 2.48. The Kier molecular flexibility index (Phi) is 4.79. The van der Waals surface area contributed by atoms with E-state index in [1.807, 2.05) is 0 Å². The average Bonchev–Trinajstić information content (AvgIpc) is 2.93. The third kappa shape index (κ3) is 3.44. The number of thiazole rings is 1. The van der Waals surface area contributed by atoms with Gasteiger partial charge in [-0.25, -0.2) is 4.98 Å². The molecule has 0 unspecified atom stereocenters. The number of hydrogen-bond donors (Lipinski definition) is 0. The fourth-order valence-electron chi connectivity index (χ4n) is 1.63. The van der Waals surface area contributed by atoms with Gasteiger partial charge in [-0.05, 0) is 23.5 Å². The molecule has 22 heavy (non-hydrogen) atoms. The Morgan fingerprint density at radius 2 is 2.14 bits per heavy atom. The molecule has 9 heteroatoms. The molecule has 0 radical (unpaired) electrons. The van der Waals surface area contributed by atoms with Crippen LogP contribution in [0.5, 0.6) is 5.75 Å². The van der Waals surface area contributed by atoms with Crippen LogP contribution in [0.2, 0.25) is 0 Å². The summed E-state index contributed by atoms with van der Waals surface area (Å²) in [4.78, 5) is 29.4. The van der Waals surface area contributed by atoms with E-state index in [1.165, 1.54) is 19.5 Å². The van der Waals surface area contributed by atoms with Crippen molar-refractivity contribution in [2.45, 2.75) is 6.92 Å². The van der Waals surface area contributed by atoms with Crippen molar-refractivity contribution in [2.75, 3.05) is 7.11 Å². The van der Waals surface area contributed by atoms with Crippen LogP contribution in [-0.4, -0.2) is 28.9 Å². The van der Waals surface area contributed by atoms with Crippen molar-refractivity contribution in [1.82, 2.24) is 4.98 Å². The van der Waals surface area contributed by atoms with Crippen LogP contribution < -0.4 is 4.74 Å². The zero-order valence-electron chi connectivity index (χ0n) is 11.7. The van der Waals surface area contributed by atoms with Gasteiger partial charge in [-0.3, -0.25) is 14.9 Å². The molecule has 1 aromatic heterocycles. The average molecular weight is 321 g/mol. The van der Waals surface area contributed by atoms with Gasteiger partial charge < -0.3 is 9.47 Å². The van der Waals surface area contributed by atoms with Crippen LogP contribution in [0.25, 0.3) is 0 Å². The molecule has 1 heterocycles. The molecule has 0 bridgehead atoms. The summed E-state index contributed by atoms with van der Waals surface area (Å²) in [5.41, 5.74) is 1.71. The number of rotatable bonds is 4. The first kappa shape index (κ1) is 15.6. The second-order valence-electron chi connectivity index (χ2n) is 3.95. The Hall–Kier alpha value is -2.81. The Bertz CT molecular complexity index is 741. The maximum atomic E-state index is 11.1. The number of para-hydroxylation sites is 1. The van der Waals surface area contributed by atoms with Crippen molar-refractivity contribution in [2.24, 2.45) is 4.99 Å². The van der Waals surface area contributed by atoms with Gasteiger partial charge in [-0.15, -0.1) is 0 Å². The second kappa shape index (κ2) is 6.76. The minimum Gasteiger partial charge on any atom is -0.480 e. The van der Waals surface area contributed by atoms with Crippen molar-refractivity contribution in [3.63, 3.8) is 0 Å². The summed E-state index contributed by atoms with van der Waals surface area (Å²) in [7, 11) is 1.36. The molecule has 2 rings (SSSR count). The number of aromatic nitrogens is 1. The molecule has 0 aliphatic carbocycles. The van der Waals surface area contributed by atoms with E-state index in [-0.39, 0.29) is 22.5 Å². The summed E-state index contributed by atoms with van der Waals surface area (Å²) < 4.78 is 10.2. The van der Waals surface area contributed by atoms with E-state index in [9.17, 15) is 14.9 Å². The molecule has 0 N–H and O–H groups in total. The maximum absolute atomic E-state index is 11.1. The smallest absolute Gasteiger partial charge is 0.370 e. The normalized spacial score (nSPS) is 11.1. The quantitative estimate of drug-likeness (QED) is 0.214. The van der Waals surface area contributed by atoms with Gasteiger partial charge in [0, 0.05) is 6.92 Å². The Morgan fingerprint density at radius 1 is 1.41 bits per heavy atom. The number of esters is 1. The molecule has 0 aliphatic heterocycles. The largest absolute Gasteiger partial charge is 0.480 e. The van der Waals surface area contributed by atoms with Crippen LogP contribution in [0.3, 0.4) is 0 Å². The first-order valence-corrected chi connectivity index (χ1v) is 6.89. The molecule has 8 nitrogen and oxygen atoms in total. The molecule has 1 aromatic carbocycles. The molecule has 0 saturated heterocycles. The number of aliphatic imine (C=N–C) groups is 1. The van der Waals surface area contributed by atoms with E-state index in [4.69, 9.17) is 9.47 Å². The third-order valence-electron chi connectivity index (χ3n) is 2.47. The fourth-order valence-corrected chi connectivity index (χ4v) is 2.18. The van der Waals surface area contributed by atoms with Crippen molar-refractivity contribution >= 4 is 34.0 Å². The minimum atomic E-state index is -0.568. The molecular weight excluding hydrogens is 310 g/mol. The third-order valence-corrected chi connectivity index (χ3v) is 3.23. The van der Waals surface area contributed by atoms with Crippen molar-refractivity contribution in [3.05, 3.63) is 45.5 Å². The van der Waals surface area contributed by atoms with Gasteiger partial charge in [0.25, 0.3) is 0 Å². The highest BCUT2D eigenvalue weighted by molar-refractivity contribution is 7.13. The zero-order valence-corrected chi connectivity index (χ0v) is 12.5. The molecule has 2 aromatic rings. The summed E-state index contributed by atoms with van der Waals surface area (Å²) >= 11 is 0.862. The number of nitro groups is 1. The van der Waals surface area contributed by atoms with E-state index >= 15 is 0 Å². The van der Waals surface area contributed by atoms with E-state index in [1.54, 1.807) is 24.3 Å². The van der Waals surface area contributed by atoms with Crippen molar-refractivity contribution in [1.29, 1.82) is 0 Å². The lowest BCUT2D eigenvalue weighted by molar-refractivity contribution is -0.379. The molecule has 114 valence electrons. The zero-order chi connectivity index (χ0) is 16.1. The first-order chi connectivity index (χ1) is 10.5. The van der Waals surface area contributed by atoms with Gasteiger partial charge in [0.1, 0.15) is 5.75 Å². The molecule has 0 saturated carbocycles. The van der Waals surface area contributed by atoms with E-state index < -0.39 is 10.9 Å². The van der Waals surface area contributed by atoms with Crippen LogP contribution in [0.15, 0.2) is 34.8 Å². The summed E-state index contributed by atoms with van der Waals surface area (Å²) in [6.45, 7) is 1.27. The van der Waals surface area contributed by atoms with Crippen LogP contribution in [0.1, 0.15) is 12.5 Å². The molecule has 0 spiro atoms. The van der Waals surface area contributed by atoms with E-state index in [2.05, 4.69) is 9.98 Å². The van der Waals surface area contributed by atoms with Gasteiger partial charge >= 0.3 is 11.0 Å². The Labute approximate surface area is 129 Å². The van der Waals surface area contributed by atoms with E-state index in [0.717, 1.165) is 11.3 Å². The second-order valence-corrected chi connectivity index (χ2v) is 4.78. The molecule has 0 amide bonds. The van der Waals surface area contributed by atoms with Crippen molar-refractivity contribution in [3.8, 4) is 5.75 Å². The number of carbonyl (C=O) groups excluding carboxylic acids is 1. The molecular formula is C13H11N3O5S. The summed E-state index contributed by atoms with van der Waals surface area (Å²) in [5, 5.41) is 10.7. The summed E-state index contributed by atoms with van der Waals surface area (Å²) in [6.07, 6.45) is 0. The summed E-state index contributed by atoms with van der Waals surface area (Å²) in [6, 6.07) is 6.58. The minimum absolute atomic E-state index is 0.0610. The van der Waals surface area contributed by atoms with Crippen LogP contribution in [0.4, 0.5) is 10.8 Å². The van der Waals surface area contributed by atoms with Crippen molar-refractivity contribution < 1.29 is 19.2 Å². The number of hydrogen-bond acceptors (Lipinski definition) is 8. The van der Waals surface area contributed by atoms with Crippen LogP contribution in [0, 0.1) is 10.1 Å². The molecule has 0 fully saturated rings. The van der Waals surface area contributed by atoms with Gasteiger partial charge in [0.2, 0.25) is 11.7 Å². The van der Waals surface area contributed by atoms with Gasteiger partial charge in [-0.2, -0.15) is 4.99 Å². The molecule has 0 atom stereocenters. The van der Waals surface area contributed by atoms with Gasteiger partial charge in [0.05, 0.1) is 23.1 Å². The highest BCUT2D eigenvalue weighted by Crippen LogP contribution is 2.31. The highest BCUT2D eigenvalue weighted by atomic mass is 32.1. The SMILES string of the molecule is COC(=Nc1ncsc1[N+](=O)[O-])c1ccccc1OC(C)=O. The first-order valence-electron chi connectivity index (χ1n) is 6.01. The lowest BCUT2D eigenvalue weighted by atomic mass is 10.2. The highest BCUT2D eigenvalue weighted by Gasteiger charge is 2.20. The van der Waals surface area contributed by atoms with Gasteiger partial charge in [-0.1, -0.05) is 12.1 Å². The number of benzene rings is 1. The summed E-state index contributed by atoms with van der Waals surface area (Å²) in [5.74, 6) is -0.258. The lowest BCUT2D eigenvalue weighted by Crippen LogP contribution is -2.09. The predicted octanol–water partition coefficient (Wildman–Crippen LogP) is 2.70. The maximum Gasteiger partial charge on any atom is 0.370 e. The number of carbonyl (C=O) groups is 1. The molecule has 0 aliphatic rings. The fraction of sp³-hybridized carbons (Fsp3) is 0.154. The monoisotopic (exact) mass is 321 g/mol. The standard InChI is InChI=1S/C13H11N3O5S/c1-8(17)21-10-6-4-3-5-9(10)12(20-2)15-11-13(16(18)19)22-7-14-11/h3-7H,1-2H3. The Morgan fingerprint density at radius 3 is 2.77 bits per heavy atom. The predicted molar refractivity (Wildman–Crippen MR) is 79.7 cm³/mol.